The normalized spacial score (nSPS) is 20.2. The van der Waals surface area contributed by atoms with Gasteiger partial charge in [0.25, 0.3) is 11.8 Å². The molecule has 4 aliphatic heterocycles. The molecule has 4 aliphatic rings. The van der Waals surface area contributed by atoms with Crippen molar-refractivity contribution < 1.29 is 27.9 Å². The van der Waals surface area contributed by atoms with Crippen LogP contribution in [0, 0.1) is 5.82 Å². The highest BCUT2D eigenvalue weighted by atomic mass is 19.1. The van der Waals surface area contributed by atoms with Gasteiger partial charge in [-0.1, -0.05) is 19.1 Å². The molecule has 0 spiro atoms. The fourth-order valence-electron chi connectivity index (χ4n) is 5.09. The molecule has 5 heterocycles. The Morgan fingerprint density at radius 1 is 1.15 bits per heavy atom. The van der Waals surface area contributed by atoms with E-state index in [9.17, 15) is 18.8 Å². The van der Waals surface area contributed by atoms with Crippen molar-refractivity contribution >= 4 is 29.4 Å². The number of amides is 4. The van der Waals surface area contributed by atoms with E-state index in [4.69, 9.17) is 14.1 Å². The zero-order chi connectivity index (χ0) is 28.4. The number of rotatable bonds is 4. The monoisotopic (exact) mass is 552 g/mol. The Morgan fingerprint density at radius 3 is 2.60 bits per heavy atom. The van der Waals surface area contributed by atoms with E-state index in [-0.39, 0.29) is 17.2 Å². The molecule has 2 N–H and O–H groups in total. The van der Waals surface area contributed by atoms with Gasteiger partial charge in [0.05, 0.1) is 12.2 Å². The number of hydrogen-bond donors (Lipinski definition) is 2. The molecule has 0 radical (unpaired) electrons. The number of nitrogens with zero attached hydrogens (tertiary/aromatic N) is 4. The Bertz CT molecular complexity index is 1380. The maximum absolute atomic E-state index is 13.8. The quantitative estimate of drug-likeness (QED) is 0.560. The Balaban J connectivity index is 0.000000184. The number of likely N-dealkylation sites (N-methyl/N-ethyl adjacent to an activating group) is 1. The number of piperazine rings is 1. The van der Waals surface area contributed by atoms with Crippen LogP contribution in [0.5, 0.6) is 5.75 Å². The summed E-state index contributed by atoms with van der Waals surface area (Å²) in [6.45, 7) is 9.83. The predicted octanol–water partition coefficient (Wildman–Crippen LogP) is 2.75. The number of carbonyl (C=O) groups excluding carboxylic acids is 3. The lowest BCUT2D eigenvalue weighted by atomic mass is 10.1. The zero-order valence-corrected chi connectivity index (χ0v) is 22.8. The molecular weight excluding hydrogens is 519 g/mol. The van der Waals surface area contributed by atoms with Gasteiger partial charge in [0.2, 0.25) is 0 Å². The molecule has 6 rings (SSSR count). The van der Waals surface area contributed by atoms with Crippen molar-refractivity contribution in [3.05, 3.63) is 58.8 Å². The van der Waals surface area contributed by atoms with Crippen LogP contribution in [0.4, 0.5) is 14.9 Å². The Kier molecular flexibility index (Phi) is 7.88. The second-order valence-corrected chi connectivity index (χ2v) is 9.86. The lowest BCUT2D eigenvalue weighted by molar-refractivity contribution is -0.120. The molecule has 2 aromatic rings. The van der Waals surface area contributed by atoms with Gasteiger partial charge in [0.15, 0.2) is 17.6 Å². The van der Waals surface area contributed by atoms with Crippen LogP contribution in [0.15, 0.2) is 39.8 Å². The molecule has 0 bridgehead atoms. The molecule has 1 aromatic carbocycles. The molecular formula is C28H33FN6O5. The summed E-state index contributed by atoms with van der Waals surface area (Å²) in [7, 11) is 1.65. The van der Waals surface area contributed by atoms with Gasteiger partial charge in [-0.05, 0) is 31.2 Å². The number of amidine groups is 1. The molecule has 0 aliphatic carbocycles. The van der Waals surface area contributed by atoms with Crippen LogP contribution >= 0.6 is 0 Å². The van der Waals surface area contributed by atoms with Crippen molar-refractivity contribution in [1.29, 1.82) is 0 Å². The van der Waals surface area contributed by atoms with Gasteiger partial charge in [-0.25, -0.2) is 14.2 Å². The van der Waals surface area contributed by atoms with Gasteiger partial charge in [-0.2, -0.15) is 0 Å². The number of imide groups is 1. The van der Waals surface area contributed by atoms with E-state index in [0.29, 0.717) is 31.1 Å². The summed E-state index contributed by atoms with van der Waals surface area (Å²) in [5.41, 5.74) is 1.61. The minimum Gasteiger partial charge on any atom is -0.491 e. The van der Waals surface area contributed by atoms with Gasteiger partial charge in [-0.15, -0.1) is 0 Å². The van der Waals surface area contributed by atoms with E-state index in [1.165, 1.54) is 4.90 Å². The highest BCUT2D eigenvalue weighted by Gasteiger charge is 2.34. The first-order chi connectivity index (χ1) is 19.3. The number of aliphatic imine (C=N–C) groups is 1. The zero-order valence-electron chi connectivity index (χ0n) is 22.8. The highest BCUT2D eigenvalue weighted by Crippen LogP contribution is 2.32. The van der Waals surface area contributed by atoms with Gasteiger partial charge in [-0.3, -0.25) is 14.9 Å². The standard InChI is InChI=1S/C17H21N5O3.C11H12FNO2/c1-2-21-6-8-22(9-7-21)14-5-3-4-12-11(18-14)10-13(25-12)15-16(23)20-17(24)19-15;1-3-15-8-5-4-7-6-13(2)11(14)9(7)10(8)12/h3,5,10,15H,2,4,6-9H2,1H3,(H2,19,20,23,24);4-5H,3,6H2,1-2H3. The van der Waals surface area contributed by atoms with Crippen LogP contribution in [0.25, 0.3) is 0 Å². The molecule has 11 nitrogen and oxygen atoms in total. The summed E-state index contributed by atoms with van der Waals surface area (Å²) in [5.74, 6) is 0.990. The lowest BCUT2D eigenvalue weighted by Crippen LogP contribution is -2.48. The van der Waals surface area contributed by atoms with Crippen molar-refractivity contribution in [1.82, 2.24) is 25.3 Å². The van der Waals surface area contributed by atoms with Crippen molar-refractivity contribution in [2.24, 2.45) is 4.99 Å². The number of allylic oxidation sites excluding steroid dienone is 1. The average Bonchev–Trinajstić information content (AvgIpc) is 3.55. The van der Waals surface area contributed by atoms with E-state index in [0.717, 1.165) is 49.8 Å². The van der Waals surface area contributed by atoms with Crippen LogP contribution in [-0.2, 0) is 17.8 Å². The maximum Gasteiger partial charge on any atom is 0.322 e. The molecule has 2 fully saturated rings. The smallest absolute Gasteiger partial charge is 0.322 e. The fourth-order valence-corrected chi connectivity index (χ4v) is 5.09. The number of urea groups is 1. The minimum absolute atomic E-state index is 0.153. The van der Waals surface area contributed by atoms with Crippen molar-refractivity contribution in [2.75, 3.05) is 46.4 Å². The number of fused-ring (bicyclic) bond motifs is 2. The molecule has 0 saturated carbocycles. The Morgan fingerprint density at radius 2 is 1.93 bits per heavy atom. The number of benzene rings is 1. The molecule has 2 saturated heterocycles. The first kappa shape index (κ1) is 27.4. The third-order valence-corrected chi connectivity index (χ3v) is 7.27. The summed E-state index contributed by atoms with van der Waals surface area (Å²) in [6.07, 6.45) is 4.66. The van der Waals surface area contributed by atoms with E-state index in [1.54, 1.807) is 32.2 Å². The van der Waals surface area contributed by atoms with Crippen molar-refractivity contribution in [3.8, 4) is 5.75 Å². The van der Waals surface area contributed by atoms with Gasteiger partial charge >= 0.3 is 6.03 Å². The Labute approximate surface area is 231 Å². The van der Waals surface area contributed by atoms with Gasteiger partial charge in [0, 0.05) is 52.3 Å². The second-order valence-electron chi connectivity index (χ2n) is 9.86. The summed E-state index contributed by atoms with van der Waals surface area (Å²) < 4.78 is 24.7. The van der Waals surface area contributed by atoms with Crippen molar-refractivity contribution in [3.63, 3.8) is 0 Å². The van der Waals surface area contributed by atoms with E-state index < -0.39 is 23.8 Å². The fraction of sp³-hybridized carbons (Fsp3) is 0.429. The first-order valence-electron chi connectivity index (χ1n) is 13.4. The Hall–Kier alpha value is -4.19. The van der Waals surface area contributed by atoms with Gasteiger partial charge in [0.1, 0.15) is 23.0 Å². The predicted molar refractivity (Wildman–Crippen MR) is 145 cm³/mol. The number of ether oxygens (including phenoxy) is 1. The molecule has 40 heavy (non-hydrogen) atoms. The van der Waals surface area contributed by atoms with Crippen LogP contribution in [0.3, 0.4) is 0 Å². The first-order valence-corrected chi connectivity index (χ1v) is 13.4. The third-order valence-electron chi connectivity index (χ3n) is 7.27. The second kappa shape index (κ2) is 11.5. The number of carbonyl (C=O) groups is 3. The molecule has 4 amide bonds. The topological polar surface area (TPSA) is 120 Å². The number of hydrogen-bond acceptors (Lipinski definition) is 8. The summed E-state index contributed by atoms with van der Waals surface area (Å²) in [4.78, 5) is 45.7. The van der Waals surface area contributed by atoms with E-state index in [2.05, 4.69) is 27.4 Å². The summed E-state index contributed by atoms with van der Waals surface area (Å²) in [6, 6.07) is 3.78. The molecule has 1 unspecified atom stereocenters. The largest absolute Gasteiger partial charge is 0.491 e. The summed E-state index contributed by atoms with van der Waals surface area (Å²) in [5, 5.41) is 4.77. The molecule has 12 heteroatoms. The molecule has 212 valence electrons. The van der Waals surface area contributed by atoms with Crippen molar-refractivity contribution in [2.45, 2.75) is 32.9 Å². The van der Waals surface area contributed by atoms with E-state index in [1.807, 2.05) is 12.2 Å². The number of nitrogens with one attached hydrogen (secondary N) is 2. The van der Waals surface area contributed by atoms with Crippen LogP contribution in [0.2, 0.25) is 0 Å². The third kappa shape index (κ3) is 5.44. The van der Waals surface area contributed by atoms with Crippen LogP contribution in [0.1, 0.15) is 47.3 Å². The highest BCUT2D eigenvalue weighted by molar-refractivity contribution is 6.04. The van der Waals surface area contributed by atoms with E-state index >= 15 is 0 Å². The number of furan rings is 1. The number of halogens is 1. The van der Waals surface area contributed by atoms with Crippen LogP contribution in [-0.4, -0.2) is 84.8 Å². The summed E-state index contributed by atoms with van der Waals surface area (Å²) >= 11 is 0. The minimum atomic E-state index is -0.782. The lowest BCUT2D eigenvalue weighted by Gasteiger charge is -2.35. The molecule has 1 aromatic heterocycles. The average molecular weight is 553 g/mol. The van der Waals surface area contributed by atoms with Gasteiger partial charge < -0.3 is 29.2 Å². The SMILES string of the molecule is CCN1CCN(C2=Nc3cc(C4NC(=O)NC4=O)oc3CC=C2)CC1.CCOc1ccc2c(c1F)C(=O)N(C)C2. The van der Waals surface area contributed by atoms with Crippen LogP contribution < -0.4 is 15.4 Å². The molecule has 1 atom stereocenters. The maximum atomic E-state index is 13.8.